The van der Waals surface area contributed by atoms with Gasteiger partial charge in [-0.05, 0) is 93.1 Å². The first-order valence-electron chi connectivity index (χ1n) is 13.3. The van der Waals surface area contributed by atoms with Gasteiger partial charge < -0.3 is 21.1 Å². The van der Waals surface area contributed by atoms with Crippen molar-refractivity contribution < 1.29 is 14.3 Å². The van der Waals surface area contributed by atoms with Gasteiger partial charge in [0.05, 0.1) is 22.4 Å². The van der Waals surface area contributed by atoms with E-state index < -0.39 is 23.4 Å². The number of carbonyl (C=O) groups excluding carboxylic acids is 1. The van der Waals surface area contributed by atoms with Crippen molar-refractivity contribution in [2.45, 2.75) is 50.7 Å². The van der Waals surface area contributed by atoms with Crippen molar-refractivity contribution >= 4 is 34.4 Å². The molecule has 1 fully saturated rings. The molecule has 9 nitrogen and oxygen atoms in total. The Labute approximate surface area is 233 Å². The Morgan fingerprint density at radius 1 is 1.20 bits per heavy atom. The normalized spacial score (nSPS) is 20.2. The third-order valence-corrected chi connectivity index (χ3v) is 8.86. The van der Waals surface area contributed by atoms with Gasteiger partial charge in [0.1, 0.15) is 17.3 Å². The molecule has 3 aromatic heterocycles. The van der Waals surface area contributed by atoms with Crippen LogP contribution in [0, 0.1) is 5.82 Å². The summed E-state index contributed by atoms with van der Waals surface area (Å²) in [6.07, 6.45) is 5.47. The molecule has 4 aromatic rings. The van der Waals surface area contributed by atoms with Crippen LogP contribution in [-0.2, 0) is 18.4 Å². The Hall–Kier alpha value is -3.93. The van der Waals surface area contributed by atoms with E-state index in [2.05, 4.69) is 38.1 Å². The molecule has 2 atom stereocenters. The van der Waals surface area contributed by atoms with Gasteiger partial charge in [-0.1, -0.05) is 6.07 Å². The van der Waals surface area contributed by atoms with Crippen molar-refractivity contribution in [3.63, 3.8) is 0 Å². The fourth-order valence-electron chi connectivity index (χ4n) is 5.30. The molecule has 6 rings (SSSR count). The van der Waals surface area contributed by atoms with Gasteiger partial charge in [0.2, 0.25) is 0 Å². The number of hydrogen-bond acceptors (Lipinski definition) is 8. The Balaban J connectivity index is 1.21. The number of H-pyrrole nitrogens is 1. The zero-order chi connectivity index (χ0) is 27.9. The lowest BCUT2D eigenvalue weighted by atomic mass is 9.92. The molecule has 1 saturated heterocycles. The Morgan fingerprint density at radius 2 is 2.08 bits per heavy atom. The van der Waals surface area contributed by atoms with E-state index in [1.54, 1.807) is 18.3 Å². The number of halogens is 1. The number of pyridine rings is 1. The van der Waals surface area contributed by atoms with Gasteiger partial charge >= 0.3 is 0 Å². The van der Waals surface area contributed by atoms with Crippen LogP contribution in [-0.4, -0.2) is 38.8 Å². The first-order valence-corrected chi connectivity index (χ1v) is 14.1. The summed E-state index contributed by atoms with van der Waals surface area (Å²) in [6, 6.07) is 11.4. The van der Waals surface area contributed by atoms with E-state index in [1.807, 2.05) is 12.1 Å². The van der Waals surface area contributed by atoms with Crippen molar-refractivity contribution in [2.24, 2.45) is 0 Å². The SMILES string of the molecule is C[C@]1(c2ccc(Nc3cc(-c4ccc(F)c(NC(=O)c5cc6c(s5)CCC(O)C6)c4)n[nH]c3=O)nc2)CCCN1. The molecule has 1 aromatic carbocycles. The molecule has 5 N–H and O–H groups in total. The number of hydrogen-bond donors (Lipinski definition) is 5. The predicted molar refractivity (Wildman–Crippen MR) is 153 cm³/mol. The molecular weight excluding hydrogens is 531 g/mol. The molecule has 1 amide bonds. The fourth-order valence-corrected chi connectivity index (χ4v) is 6.40. The van der Waals surface area contributed by atoms with Crippen LogP contribution in [0.25, 0.3) is 11.3 Å². The summed E-state index contributed by atoms with van der Waals surface area (Å²) in [6.45, 7) is 3.13. The minimum atomic E-state index is -0.591. The average molecular weight is 561 g/mol. The van der Waals surface area contributed by atoms with Crippen molar-refractivity contribution in [3.8, 4) is 11.3 Å². The lowest BCUT2D eigenvalue weighted by Crippen LogP contribution is -2.33. The number of nitrogens with zero attached hydrogens (tertiary/aromatic N) is 2. The summed E-state index contributed by atoms with van der Waals surface area (Å²) < 4.78 is 14.7. The fraction of sp³-hybridized carbons (Fsp3) is 0.310. The smallest absolute Gasteiger partial charge is 0.287 e. The number of carbonyl (C=O) groups is 1. The number of thiophene rings is 1. The Kier molecular flexibility index (Phi) is 6.95. The summed E-state index contributed by atoms with van der Waals surface area (Å²) >= 11 is 1.37. The number of amides is 1. The highest BCUT2D eigenvalue weighted by molar-refractivity contribution is 7.14. The monoisotopic (exact) mass is 560 g/mol. The van der Waals surface area contributed by atoms with Gasteiger partial charge in [0.15, 0.2) is 0 Å². The topological polar surface area (TPSA) is 132 Å². The van der Waals surface area contributed by atoms with E-state index in [4.69, 9.17) is 0 Å². The molecule has 11 heteroatoms. The number of benzene rings is 1. The largest absolute Gasteiger partial charge is 0.393 e. The molecule has 0 spiro atoms. The molecule has 0 saturated carbocycles. The van der Waals surface area contributed by atoms with Crippen LogP contribution in [0.15, 0.2) is 53.5 Å². The number of nitrogens with one attached hydrogen (secondary N) is 4. The van der Waals surface area contributed by atoms with Crippen LogP contribution in [0.5, 0.6) is 0 Å². The zero-order valence-electron chi connectivity index (χ0n) is 21.9. The molecule has 0 radical (unpaired) electrons. The second-order valence-corrected chi connectivity index (χ2v) is 11.7. The molecule has 206 valence electrons. The zero-order valence-corrected chi connectivity index (χ0v) is 22.7. The summed E-state index contributed by atoms with van der Waals surface area (Å²) in [4.78, 5) is 31.5. The van der Waals surface area contributed by atoms with E-state index in [0.29, 0.717) is 34.8 Å². The number of rotatable bonds is 6. The second-order valence-electron chi connectivity index (χ2n) is 10.5. The molecular formula is C29H29FN6O3S. The van der Waals surface area contributed by atoms with Crippen molar-refractivity contribution in [2.75, 3.05) is 17.2 Å². The Morgan fingerprint density at radius 3 is 2.85 bits per heavy atom. The summed E-state index contributed by atoms with van der Waals surface area (Å²) in [7, 11) is 0. The van der Waals surface area contributed by atoms with E-state index in [1.165, 1.54) is 29.5 Å². The summed E-state index contributed by atoms with van der Waals surface area (Å²) in [5, 5.41) is 25.7. The number of aliphatic hydroxyl groups is 1. The van der Waals surface area contributed by atoms with Crippen LogP contribution >= 0.6 is 11.3 Å². The van der Waals surface area contributed by atoms with Crippen LogP contribution < -0.4 is 21.5 Å². The second kappa shape index (κ2) is 10.6. The number of aromatic nitrogens is 3. The molecule has 4 heterocycles. The predicted octanol–water partition coefficient (Wildman–Crippen LogP) is 4.48. The number of fused-ring (bicyclic) bond motifs is 1. The first kappa shape index (κ1) is 26.3. The number of aliphatic hydroxyl groups excluding tert-OH is 1. The highest BCUT2D eigenvalue weighted by Crippen LogP contribution is 2.32. The van der Waals surface area contributed by atoms with E-state index in [9.17, 15) is 19.1 Å². The molecule has 0 bridgehead atoms. The van der Waals surface area contributed by atoms with Crippen molar-refractivity contribution in [1.29, 1.82) is 0 Å². The molecule has 1 aliphatic carbocycles. The van der Waals surface area contributed by atoms with Gasteiger partial charge in [0, 0.05) is 22.2 Å². The molecule has 1 aliphatic heterocycles. The van der Waals surface area contributed by atoms with Gasteiger partial charge in [0.25, 0.3) is 11.5 Å². The van der Waals surface area contributed by atoms with Crippen molar-refractivity contribution in [3.05, 3.63) is 85.7 Å². The molecule has 1 unspecified atom stereocenters. The van der Waals surface area contributed by atoms with Gasteiger partial charge in [-0.2, -0.15) is 5.10 Å². The quantitative estimate of drug-likeness (QED) is 0.235. The van der Waals surface area contributed by atoms with E-state index >= 15 is 0 Å². The maximum Gasteiger partial charge on any atom is 0.287 e. The summed E-state index contributed by atoms with van der Waals surface area (Å²) in [5.41, 5.74) is 2.65. The maximum absolute atomic E-state index is 14.7. The van der Waals surface area contributed by atoms with Gasteiger partial charge in [-0.3, -0.25) is 9.59 Å². The lowest BCUT2D eigenvalue weighted by molar-refractivity contribution is 0.102. The third-order valence-electron chi connectivity index (χ3n) is 7.63. The van der Waals surface area contributed by atoms with E-state index in [0.717, 1.165) is 41.8 Å². The maximum atomic E-state index is 14.7. The van der Waals surface area contributed by atoms with Crippen LogP contribution in [0.2, 0.25) is 0 Å². The minimum absolute atomic E-state index is 0.00249. The first-order chi connectivity index (χ1) is 19.3. The standard InChI is InChI=1S/C29H29FN6O3S/c1-29(9-2-10-32-29)18-4-8-26(31-15-18)33-23-14-21(35-36-27(23)38)16-3-6-20(30)22(12-16)34-28(39)25-13-17-11-19(37)5-7-24(17)40-25/h3-4,6,8,12-15,19,32,37H,2,5,7,9-11H2,1H3,(H,34,39)(H,36,38)(H,31,33,35)/t19?,29-/m1/s1. The highest BCUT2D eigenvalue weighted by Gasteiger charge is 2.30. The Bertz CT molecular complexity index is 1630. The minimum Gasteiger partial charge on any atom is -0.393 e. The number of aryl methyl sites for hydroxylation is 1. The average Bonchev–Trinajstić information content (AvgIpc) is 3.58. The number of anilines is 3. The van der Waals surface area contributed by atoms with Crippen LogP contribution in [0.4, 0.5) is 21.6 Å². The molecule has 2 aliphatic rings. The lowest BCUT2D eigenvalue weighted by Gasteiger charge is -2.24. The van der Waals surface area contributed by atoms with Crippen LogP contribution in [0.1, 0.15) is 51.9 Å². The third kappa shape index (κ3) is 5.27. The van der Waals surface area contributed by atoms with Gasteiger partial charge in [-0.25, -0.2) is 14.5 Å². The van der Waals surface area contributed by atoms with Gasteiger partial charge in [-0.15, -0.1) is 11.3 Å². The summed E-state index contributed by atoms with van der Waals surface area (Å²) in [5.74, 6) is -0.504. The van der Waals surface area contributed by atoms with Crippen LogP contribution in [0.3, 0.4) is 0 Å². The molecule has 40 heavy (non-hydrogen) atoms. The van der Waals surface area contributed by atoms with Crippen molar-refractivity contribution in [1.82, 2.24) is 20.5 Å². The van der Waals surface area contributed by atoms with E-state index in [-0.39, 0.29) is 16.9 Å². The number of aromatic amines is 1. The highest BCUT2D eigenvalue weighted by atomic mass is 32.1.